The maximum Gasteiger partial charge on any atom is 0.152 e. The Kier molecular flexibility index (Phi) is 2.93. The molecule has 0 aliphatic carbocycles. The van der Waals surface area contributed by atoms with Gasteiger partial charge in [0.25, 0.3) is 0 Å². The Morgan fingerprint density at radius 2 is 2.05 bits per heavy atom. The predicted molar refractivity (Wildman–Crippen MR) is 70.1 cm³/mol. The van der Waals surface area contributed by atoms with Crippen LogP contribution in [-0.4, -0.2) is 54.7 Å². The Balaban J connectivity index is 1.98. The number of fused-ring (bicyclic) bond motifs is 1. The van der Waals surface area contributed by atoms with Gasteiger partial charge < -0.3 is 5.11 Å². The third-order valence-electron chi connectivity index (χ3n) is 5.29. The average Bonchev–Trinajstić information content (AvgIpc) is 2.90. The van der Waals surface area contributed by atoms with Crippen molar-refractivity contribution < 1.29 is 13.5 Å². The molecule has 3 heterocycles. The molecule has 3 atom stereocenters. The van der Waals surface area contributed by atoms with Crippen LogP contribution in [-0.2, 0) is 9.84 Å². The summed E-state index contributed by atoms with van der Waals surface area (Å²) in [5.41, 5.74) is -2.24. The third kappa shape index (κ3) is 1.83. The molecular formula is C13H20N2O3S. The van der Waals surface area contributed by atoms with E-state index in [1.54, 1.807) is 0 Å². The van der Waals surface area contributed by atoms with Crippen molar-refractivity contribution in [3.05, 3.63) is 0 Å². The van der Waals surface area contributed by atoms with Crippen molar-refractivity contribution in [3.8, 4) is 6.07 Å². The molecule has 3 rings (SSSR count). The summed E-state index contributed by atoms with van der Waals surface area (Å²) >= 11 is 0. The van der Waals surface area contributed by atoms with Gasteiger partial charge in [0.15, 0.2) is 9.84 Å². The molecule has 3 aliphatic rings. The van der Waals surface area contributed by atoms with Gasteiger partial charge >= 0.3 is 0 Å². The van der Waals surface area contributed by atoms with Crippen LogP contribution in [0.4, 0.5) is 0 Å². The Bertz CT molecular complexity index is 526. The first-order chi connectivity index (χ1) is 8.93. The van der Waals surface area contributed by atoms with E-state index in [1.165, 1.54) is 0 Å². The van der Waals surface area contributed by atoms with Crippen LogP contribution in [0.1, 0.15) is 32.1 Å². The summed E-state index contributed by atoms with van der Waals surface area (Å²) < 4.78 is 23.6. The molecule has 6 heteroatoms. The van der Waals surface area contributed by atoms with Crippen LogP contribution >= 0.6 is 0 Å². The van der Waals surface area contributed by atoms with Crippen LogP contribution in [0.5, 0.6) is 0 Å². The molecule has 3 aliphatic heterocycles. The van der Waals surface area contributed by atoms with Gasteiger partial charge in [-0.15, -0.1) is 0 Å². The third-order valence-corrected chi connectivity index (χ3v) is 7.05. The number of hydrogen-bond donors (Lipinski definition) is 1. The summed E-state index contributed by atoms with van der Waals surface area (Å²) in [5, 5.41) is 20.7. The maximum atomic E-state index is 11.8. The van der Waals surface area contributed by atoms with Crippen molar-refractivity contribution in [2.45, 2.75) is 43.7 Å². The predicted octanol–water partition coefficient (Wildman–Crippen LogP) is 0.304. The van der Waals surface area contributed by atoms with Gasteiger partial charge in [0.2, 0.25) is 0 Å². The fourth-order valence-electron chi connectivity index (χ4n) is 4.21. The number of piperidine rings is 1. The highest BCUT2D eigenvalue weighted by Crippen LogP contribution is 2.51. The lowest BCUT2D eigenvalue weighted by Gasteiger charge is -2.44. The highest BCUT2D eigenvalue weighted by Gasteiger charge is 2.63. The van der Waals surface area contributed by atoms with E-state index >= 15 is 0 Å². The van der Waals surface area contributed by atoms with Crippen molar-refractivity contribution in [2.24, 2.45) is 5.41 Å². The van der Waals surface area contributed by atoms with Gasteiger partial charge in [-0.1, -0.05) is 6.42 Å². The smallest absolute Gasteiger partial charge is 0.152 e. The molecule has 0 aromatic heterocycles. The zero-order valence-electron chi connectivity index (χ0n) is 11.0. The standard InChI is InChI=1S/C13H20N2O3S/c14-9-12(5-8-19(17,18)10-12)13(16)4-7-15-6-2-1-3-11(13)15/h11,16H,1-8,10H2. The van der Waals surface area contributed by atoms with Gasteiger partial charge in [-0.25, -0.2) is 8.42 Å². The van der Waals surface area contributed by atoms with Crippen LogP contribution in [0.3, 0.4) is 0 Å². The summed E-state index contributed by atoms with van der Waals surface area (Å²) in [7, 11) is -3.18. The second-order valence-electron chi connectivity index (χ2n) is 6.26. The van der Waals surface area contributed by atoms with E-state index in [-0.39, 0.29) is 24.0 Å². The topological polar surface area (TPSA) is 81.4 Å². The molecule has 3 saturated heterocycles. The van der Waals surface area contributed by atoms with Crippen LogP contribution in [0, 0.1) is 16.7 Å². The second-order valence-corrected chi connectivity index (χ2v) is 8.44. The van der Waals surface area contributed by atoms with Gasteiger partial charge in [-0.05, 0) is 32.2 Å². The Morgan fingerprint density at radius 1 is 1.26 bits per heavy atom. The molecule has 0 saturated carbocycles. The lowest BCUT2D eigenvalue weighted by atomic mass is 9.67. The summed E-state index contributed by atoms with van der Waals surface area (Å²) in [5.74, 6) is -0.132. The Morgan fingerprint density at radius 3 is 2.68 bits per heavy atom. The second kappa shape index (κ2) is 4.18. The zero-order valence-corrected chi connectivity index (χ0v) is 11.8. The van der Waals surface area contributed by atoms with E-state index in [0.29, 0.717) is 6.42 Å². The lowest BCUT2D eigenvalue weighted by molar-refractivity contribution is -0.0773. The van der Waals surface area contributed by atoms with Gasteiger partial charge in [-0.3, -0.25) is 4.90 Å². The van der Waals surface area contributed by atoms with Crippen molar-refractivity contribution in [2.75, 3.05) is 24.6 Å². The fraction of sp³-hybridized carbons (Fsp3) is 0.923. The first-order valence-electron chi connectivity index (χ1n) is 7.01. The average molecular weight is 284 g/mol. The lowest BCUT2D eigenvalue weighted by Crippen LogP contribution is -2.57. The molecule has 0 aromatic carbocycles. The Labute approximate surface area is 114 Å². The van der Waals surface area contributed by atoms with Gasteiger partial charge in [0, 0.05) is 12.6 Å². The highest BCUT2D eigenvalue weighted by molar-refractivity contribution is 7.91. The normalized spacial score (nSPS) is 45.8. The monoisotopic (exact) mass is 284 g/mol. The molecule has 0 spiro atoms. The van der Waals surface area contributed by atoms with E-state index in [0.717, 1.165) is 32.4 Å². The minimum atomic E-state index is -3.18. The van der Waals surface area contributed by atoms with Gasteiger partial charge in [-0.2, -0.15) is 5.26 Å². The molecule has 1 N–H and O–H groups in total. The van der Waals surface area contributed by atoms with Gasteiger partial charge in [0.05, 0.1) is 17.6 Å². The van der Waals surface area contributed by atoms with Crippen LogP contribution < -0.4 is 0 Å². The largest absolute Gasteiger partial charge is 0.386 e. The van der Waals surface area contributed by atoms with Crippen LogP contribution in [0.15, 0.2) is 0 Å². The molecular weight excluding hydrogens is 264 g/mol. The number of nitrogens with zero attached hydrogens (tertiary/aromatic N) is 2. The zero-order chi connectivity index (χ0) is 13.7. The summed E-state index contributed by atoms with van der Waals surface area (Å²) in [6.45, 7) is 1.74. The summed E-state index contributed by atoms with van der Waals surface area (Å²) in [6.07, 6.45) is 3.87. The number of hydrogen-bond acceptors (Lipinski definition) is 5. The molecule has 19 heavy (non-hydrogen) atoms. The first-order valence-corrected chi connectivity index (χ1v) is 8.83. The van der Waals surface area contributed by atoms with Crippen LogP contribution in [0.2, 0.25) is 0 Å². The highest BCUT2D eigenvalue weighted by atomic mass is 32.2. The van der Waals surface area contributed by atoms with E-state index in [4.69, 9.17) is 0 Å². The summed E-state index contributed by atoms with van der Waals surface area (Å²) in [4.78, 5) is 2.24. The molecule has 0 bridgehead atoms. The quantitative estimate of drug-likeness (QED) is 0.749. The number of rotatable bonds is 1. The fourth-order valence-corrected chi connectivity index (χ4v) is 6.23. The van der Waals surface area contributed by atoms with E-state index in [2.05, 4.69) is 11.0 Å². The molecule has 0 aromatic rings. The first kappa shape index (κ1) is 13.3. The van der Waals surface area contributed by atoms with Crippen LogP contribution in [0.25, 0.3) is 0 Å². The molecule has 3 fully saturated rings. The SMILES string of the molecule is N#CC1(C2(O)CCN3CCCCC32)CCS(=O)(=O)C1. The van der Waals surface area contributed by atoms with Gasteiger partial charge in [0.1, 0.15) is 11.0 Å². The minimum Gasteiger partial charge on any atom is -0.386 e. The number of nitriles is 1. The minimum absolute atomic E-state index is 0.0331. The summed E-state index contributed by atoms with van der Waals surface area (Å²) in [6, 6.07) is 2.16. The number of sulfone groups is 1. The molecule has 5 nitrogen and oxygen atoms in total. The van der Waals surface area contributed by atoms with Crippen molar-refractivity contribution in [1.82, 2.24) is 4.90 Å². The van der Waals surface area contributed by atoms with E-state index in [1.807, 2.05) is 0 Å². The van der Waals surface area contributed by atoms with Crippen molar-refractivity contribution >= 4 is 9.84 Å². The molecule has 0 radical (unpaired) electrons. The molecule has 106 valence electrons. The molecule has 3 unspecified atom stereocenters. The van der Waals surface area contributed by atoms with Crippen molar-refractivity contribution in [3.63, 3.8) is 0 Å². The van der Waals surface area contributed by atoms with E-state index in [9.17, 15) is 18.8 Å². The number of aliphatic hydroxyl groups is 1. The Hall–Kier alpha value is -0.640. The van der Waals surface area contributed by atoms with E-state index < -0.39 is 20.9 Å². The molecule has 0 amide bonds. The van der Waals surface area contributed by atoms with Crippen molar-refractivity contribution in [1.29, 1.82) is 5.26 Å². The maximum absolute atomic E-state index is 11.8.